The first-order chi connectivity index (χ1) is 7.06. The van der Waals surface area contributed by atoms with Gasteiger partial charge in [0.05, 0.1) is 0 Å². The van der Waals surface area contributed by atoms with Crippen molar-refractivity contribution in [1.82, 2.24) is 10.3 Å². The van der Waals surface area contributed by atoms with Crippen LogP contribution in [0.15, 0.2) is 0 Å². The summed E-state index contributed by atoms with van der Waals surface area (Å²) in [5.41, 5.74) is 2.14. The number of nitrogens with two attached hydrogens (primary N) is 1. The third-order valence-corrected chi connectivity index (χ3v) is 2.28. The van der Waals surface area contributed by atoms with Crippen LogP contribution < -0.4 is 11.3 Å². The molecule has 0 spiro atoms. The van der Waals surface area contributed by atoms with Crippen LogP contribution in [0, 0.1) is 5.92 Å². The fourth-order valence-electron chi connectivity index (χ4n) is 1.63. The first-order valence-electron chi connectivity index (χ1n) is 5.74. The molecule has 4 nitrogen and oxygen atoms in total. The Bertz CT molecular complexity index is 171. The molecule has 0 heterocycles. The van der Waals surface area contributed by atoms with Gasteiger partial charge >= 0.3 is 0 Å². The Morgan fingerprint density at radius 2 is 2.00 bits per heavy atom. The van der Waals surface area contributed by atoms with Gasteiger partial charge in [-0.1, -0.05) is 20.3 Å². The zero-order chi connectivity index (χ0) is 11.7. The summed E-state index contributed by atoms with van der Waals surface area (Å²) in [7, 11) is 2.15. The largest absolute Gasteiger partial charge is 0.306 e. The predicted molar refractivity (Wildman–Crippen MR) is 63.1 cm³/mol. The molecule has 0 atom stereocenters. The summed E-state index contributed by atoms with van der Waals surface area (Å²) in [5.74, 6) is 5.64. The van der Waals surface area contributed by atoms with Crippen molar-refractivity contribution in [3.8, 4) is 0 Å². The maximum atomic E-state index is 10.8. The Kier molecular flexibility index (Phi) is 8.33. The number of unbranched alkanes of at least 4 members (excludes halogenated alkanes) is 2. The van der Waals surface area contributed by atoms with Crippen LogP contribution in [0.5, 0.6) is 0 Å². The number of hydrogen-bond acceptors (Lipinski definition) is 3. The molecule has 0 fully saturated rings. The van der Waals surface area contributed by atoms with Crippen molar-refractivity contribution in [3.63, 3.8) is 0 Å². The van der Waals surface area contributed by atoms with Crippen LogP contribution in [0.4, 0.5) is 0 Å². The molecule has 0 unspecified atom stereocenters. The summed E-state index contributed by atoms with van der Waals surface area (Å²) >= 11 is 0. The van der Waals surface area contributed by atoms with E-state index in [0.29, 0.717) is 6.42 Å². The molecule has 90 valence electrons. The second-order valence-electron chi connectivity index (χ2n) is 4.53. The molecule has 0 saturated carbocycles. The minimum Gasteiger partial charge on any atom is -0.306 e. The van der Waals surface area contributed by atoms with E-state index in [1.165, 1.54) is 0 Å². The Labute approximate surface area is 93.2 Å². The molecule has 15 heavy (non-hydrogen) atoms. The van der Waals surface area contributed by atoms with E-state index in [2.05, 4.69) is 31.2 Å². The van der Waals surface area contributed by atoms with E-state index >= 15 is 0 Å². The second-order valence-corrected chi connectivity index (χ2v) is 4.53. The van der Waals surface area contributed by atoms with Gasteiger partial charge in [0.15, 0.2) is 0 Å². The lowest BCUT2D eigenvalue weighted by Gasteiger charge is -2.18. The molecular weight excluding hydrogens is 190 g/mol. The van der Waals surface area contributed by atoms with E-state index in [0.717, 1.165) is 38.3 Å². The molecule has 0 aromatic carbocycles. The molecule has 4 heteroatoms. The molecule has 0 rings (SSSR count). The van der Waals surface area contributed by atoms with E-state index in [9.17, 15) is 4.79 Å². The highest BCUT2D eigenvalue weighted by atomic mass is 16.2. The van der Waals surface area contributed by atoms with Gasteiger partial charge in [0.1, 0.15) is 0 Å². The van der Waals surface area contributed by atoms with Crippen molar-refractivity contribution >= 4 is 5.91 Å². The smallest absolute Gasteiger partial charge is 0.233 e. The number of amides is 1. The fourth-order valence-corrected chi connectivity index (χ4v) is 1.63. The molecule has 0 aromatic rings. The topological polar surface area (TPSA) is 58.4 Å². The lowest BCUT2D eigenvalue weighted by atomic mass is 10.1. The predicted octanol–water partition coefficient (Wildman–Crippen LogP) is 1.12. The lowest BCUT2D eigenvalue weighted by Crippen LogP contribution is -2.29. The molecule has 0 aliphatic rings. The number of carbonyl (C=O) groups is 1. The summed E-state index contributed by atoms with van der Waals surface area (Å²) < 4.78 is 0. The molecule has 0 bridgehead atoms. The highest BCUT2D eigenvalue weighted by Gasteiger charge is 2.02. The van der Waals surface area contributed by atoms with Crippen LogP contribution in [-0.2, 0) is 4.79 Å². The normalized spacial score (nSPS) is 11.1. The molecule has 0 aromatic heterocycles. The number of rotatable bonds is 8. The summed E-state index contributed by atoms with van der Waals surface area (Å²) in [6, 6.07) is 0. The first-order valence-corrected chi connectivity index (χ1v) is 5.74. The summed E-state index contributed by atoms with van der Waals surface area (Å²) in [5, 5.41) is 0. The average molecular weight is 215 g/mol. The van der Waals surface area contributed by atoms with Crippen molar-refractivity contribution in [2.45, 2.75) is 39.5 Å². The molecule has 0 aliphatic heterocycles. The van der Waals surface area contributed by atoms with E-state index in [1.54, 1.807) is 0 Å². The second kappa shape index (κ2) is 8.68. The van der Waals surface area contributed by atoms with Crippen molar-refractivity contribution in [1.29, 1.82) is 0 Å². The van der Waals surface area contributed by atoms with Crippen molar-refractivity contribution in [2.75, 3.05) is 20.1 Å². The zero-order valence-corrected chi connectivity index (χ0v) is 10.3. The molecule has 0 radical (unpaired) electrons. The number of nitrogens with zero attached hydrogens (tertiary/aromatic N) is 1. The van der Waals surface area contributed by atoms with Crippen LogP contribution in [-0.4, -0.2) is 30.9 Å². The van der Waals surface area contributed by atoms with Gasteiger partial charge in [-0.05, 0) is 32.4 Å². The molecule has 0 saturated heterocycles. The van der Waals surface area contributed by atoms with Gasteiger partial charge in [0.25, 0.3) is 0 Å². The average Bonchev–Trinajstić information content (AvgIpc) is 2.15. The third-order valence-electron chi connectivity index (χ3n) is 2.28. The SMILES string of the molecule is CC(C)CN(C)CCCCCC(=O)NN. The van der Waals surface area contributed by atoms with Crippen LogP contribution in [0.25, 0.3) is 0 Å². The van der Waals surface area contributed by atoms with E-state index in [4.69, 9.17) is 5.84 Å². The number of hydrazine groups is 1. The molecular formula is C11H25N3O. The Morgan fingerprint density at radius 1 is 1.33 bits per heavy atom. The minimum absolute atomic E-state index is 0.0643. The van der Waals surface area contributed by atoms with Crippen molar-refractivity contribution in [3.05, 3.63) is 0 Å². The van der Waals surface area contributed by atoms with Crippen LogP contribution in [0.2, 0.25) is 0 Å². The van der Waals surface area contributed by atoms with Gasteiger partial charge in [0.2, 0.25) is 5.91 Å². The fraction of sp³-hybridized carbons (Fsp3) is 0.909. The Hall–Kier alpha value is -0.610. The highest BCUT2D eigenvalue weighted by molar-refractivity contribution is 5.74. The maximum Gasteiger partial charge on any atom is 0.233 e. The van der Waals surface area contributed by atoms with Crippen LogP contribution in [0.3, 0.4) is 0 Å². The molecule has 1 amide bonds. The van der Waals surface area contributed by atoms with Gasteiger partial charge < -0.3 is 4.90 Å². The van der Waals surface area contributed by atoms with Gasteiger partial charge in [-0.2, -0.15) is 0 Å². The number of carbonyl (C=O) groups excluding carboxylic acids is 1. The van der Waals surface area contributed by atoms with Gasteiger partial charge in [-0.3, -0.25) is 10.2 Å². The Morgan fingerprint density at radius 3 is 2.53 bits per heavy atom. The summed E-state index contributed by atoms with van der Waals surface area (Å²) in [4.78, 5) is 13.1. The standard InChI is InChI=1S/C11H25N3O/c1-10(2)9-14(3)8-6-4-5-7-11(15)13-12/h10H,4-9,12H2,1-3H3,(H,13,15). The van der Waals surface area contributed by atoms with E-state index in [-0.39, 0.29) is 5.91 Å². The Balaban J connectivity index is 3.27. The highest BCUT2D eigenvalue weighted by Crippen LogP contribution is 2.02. The molecule has 0 aliphatic carbocycles. The number of hydrogen-bond donors (Lipinski definition) is 2. The van der Waals surface area contributed by atoms with Gasteiger partial charge in [-0.15, -0.1) is 0 Å². The van der Waals surface area contributed by atoms with Crippen molar-refractivity contribution in [2.24, 2.45) is 11.8 Å². The van der Waals surface area contributed by atoms with E-state index in [1.807, 2.05) is 0 Å². The summed E-state index contributed by atoms with van der Waals surface area (Å²) in [6.07, 6.45) is 3.72. The quantitative estimate of drug-likeness (QED) is 0.276. The number of nitrogens with one attached hydrogen (secondary N) is 1. The van der Waals surface area contributed by atoms with Gasteiger partial charge in [0, 0.05) is 13.0 Å². The van der Waals surface area contributed by atoms with Crippen molar-refractivity contribution < 1.29 is 4.79 Å². The van der Waals surface area contributed by atoms with E-state index < -0.39 is 0 Å². The molecule has 3 N–H and O–H groups in total. The maximum absolute atomic E-state index is 10.8. The monoisotopic (exact) mass is 215 g/mol. The first kappa shape index (κ1) is 14.4. The third kappa shape index (κ3) is 9.69. The van der Waals surface area contributed by atoms with Crippen LogP contribution in [0.1, 0.15) is 39.5 Å². The van der Waals surface area contributed by atoms with Gasteiger partial charge in [-0.25, -0.2) is 5.84 Å². The zero-order valence-electron chi connectivity index (χ0n) is 10.3. The lowest BCUT2D eigenvalue weighted by molar-refractivity contribution is -0.121. The van der Waals surface area contributed by atoms with Crippen LogP contribution >= 0.6 is 0 Å². The minimum atomic E-state index is -0.0643. The summed E-state index contributed by atoms with van der Waals surface area (Å²) in [6.45, 7) is 6.70.